The van der Waals surface area contributed by atoms with Crippen molar-refractivity contribution in [3.63, 3.8) is 0 Å². The zero-order valence-corrected chi connectivity index (χ0v) is 14.4. The standard InChI is InChI=1S/C19H18N2O5/c1-3-25-17-6-4-5-13-9-14(11-26-18(13)17)19(22)20-15-8-7-12(2)16(10-15)21(23)24/h4-10H,3,11H2,1-2H3,(H,20,22). The van der Waals surface area contributed by atoms with Crippen molar-refractivity contribution in [3.8, 4) is 11.5 Å². The van der Waals surface area contributed by atoms with Crippen LogP contribution in [0.4, 0.5) is 11.4 Å². The number of nitro groups is 1. The lowest BCUT2D eigenvalue weighted by atomic mass is 10.1. The second kappa shape index (κ2) is 7.26. The number of ether oxygens (including phenoxy) is 2. The first-order chi connectivity index (χ1) is 12.5. The molecule has 3 rings (SSSR count). The number of hydrogen-bond acceptors (Lipinski definition) is 5. The molecule has 0 fully saturated rings. The van der Waals surface area contributed by atoms with Crippen molar-refractivity contribution in [1.82, 2.24) is 0 Å². The fourth-order valence-corrected chi connectivity index (χ4v) is 2.68. The van der Waals surface area contributed by atoms with Crippen LogP contribution < -0.4 is 14.8 Å². The maximum absolute atomic E-state index is 12.5. The predicted molar refractivity (Wildman–Crippen MR) is 97.5 cm³/mol. The summed E-state index contributed by atoms with van der Waals surface area (Å²) < 4.78 is 11.2. The summed E-state index contributed by atoms with van der Waals surface area (Å²) in [7, 11) is 0. The first kappa shape index (κ1) is 17.5. The molecule has 0 aromatic heterocycles. The lowest BCUT2D eigenvalue weighted by Crippen LogP contribution is -2.21. The highest BCUT2D eigenvalue weighted by Gasteiger charge is 2.21. The third kappa shape index (κ3) is 3.51. The number of amides is 1. The molecule has 0 radical (unpaired) electrons. The van der Waals surface area contributed by atoms with Crippen LogP contribution in [0.5, 0.6) is 11.5 Å². The Bertz CT molecular complexity index is 905. The van der Waals surface area contributed by atoms with Gasteiger partial charge in [-0.25, -0.2) is 0 Å². The van der Waals surface area contributed by atoms with Crippen molar-refractivity contribution in [2.75, 3.05) is 18.5 Å². The van der Waals surface area contributed by atoms with Gasteiger partial charge in [0.2, 0.25) is 0 Å². The molecule has 134 valence electrons. The molecule has 7 heteroatoms. The number of benzene rings is 2. The number of rotatable bonds is 5. The summed E-state index contributed by atoms with van der Waals surface area (Å²) in [6.07, 6.45) is 1.74. The van der Waals surface area contributed by atoms with E-state index in [4.69, 9.17) is 9.47 Å². The molecule has 1 aliphatic heterocycles. The normalized spacial score (nSPS) is 12.5. The molecule has 0 saturated heterocycles. The van der Waals surface area contributed by atoms with Gasteiger partial charge in [-0.05, 0) is 32.1 Å². The van der Waals surface area contributed by atoms with Gasteiger partial charge in [0.05, 0.1) is 17.1 Å². The van der Waals surface area contributed by atoms with Gasteiger partial charge in [0.15, 0.2) is 11.5 Å². The molecule has 2 aromatic carbocycles. The second-order valence-electron chi connectivity index (χ2n) is 5.78. The fourth-order valence-electron chi connectivity index (χ4n) is 2.68. The number of fused-ring (bicyclic) bond motifs is 1. The highest BCUT2D eigenvalue weighted by molar-refractivity contribution is 6.07. The van der Waals surface area contributed by atoms with Crippen LogP contribution in [-0.2, 0) is 4.79 Å². The maximum atomic E-state index is 12.5. The van der Waals surface area contributed by atoms with Crippen LogP contribution in [0, 0.1) is 17.0 Å². The molecular weight excluding hydrogens is 336 g/mol. The van der Waals surface area contributed by atoms with Crippen LogP contribution in [-0.4, -0.2) is 24.0 Å². The van der Waals surface area contributed by atoms with Gasteiger partial charge in [0.25, 0.3) is 11.6 Å². The molecule has 1 N–H and O–H groups in total. The summed E-state index contributed by atoms with van der Waals surface area (Å²) in [5.41, 5.74) is 2.03. The van der Waals surface area contributed by atoms with Gasteiger partial charge in [0.1, 0.15) is 6.61 Å². The second-order valence-corrected chi connectivity index (χ2v) is 5.78. The van der Waals surface area contributed by atoms with E-state index >= 15 is 0 Å². The minimum Gasteiger partial charge on any atom is -0.490 e. The van der Waals surface area contributed by atoms with Gasteiger partial charge in [-0.2, -0.15) is 0 Å². The topological polar surface area (TPSA) is 90.7 Å². The van der Waals surface area contributed by atoms with E-state index < -0.39 is 4.92 Å². The minimum atomic E-state index is -0.473. The van der Waals surface area contributed by atoms with Crippen LogP contribution in [0.3, 0.4) is 0 Å². The van der Waals surface area contributed by atoms with E-state index in [0.29, 0.717) is 34.9 Å². The molecular formula is C19H18N2O5. The molecule has 0 atom stereocenters. The molecule has 2 aromatic rings. The third-order valence-corrected chi connectivity index (χ3v) is 3.97. The molecule has 1 aliphatic rings. The van der Waals surface area contributed by atoms with Crippen LogP contribution in [0.1, 0.15) is 18.1 Å². The van der Waals surface area contributed by atoms with Gasteiger partial charge in [-0.3, -0.25) is 14.9 Å². The molecule has 0 saturated carbocycles. The number of anilines is 1. The lowest BCUT2D eigenvalue weighted by molar-refractivity contribution is -0.385. The van der Waals surface area contributed by atoms with Crippen LogP contribution in [0.15, 0.2) is 42.0 Å². The molecule has 0 aliphatic carbocycles. The summed E-state index contributed by atoms with van der Waals surface area (Å²) in [5.74, 6) is 0.877. The number of hydrogen-bond donors (Lipinski definition) is 1. The average Bonchev–Trinajstić information content (AvgIpc) is 2.63. The Labute approximate surface area is 150 Å². The van der Waals surface area contributed by atoms with Gasteiger partial charge in [-0.1, -0.05) is 18.2 Å². The van der Waals surface area contributed by atoms with Crippen molar-refractivity contribution in [2.45, 2.75) is 13.8 Å². The highest BCUT2D eigenvalue weighted by Crippen LogP contribution is 2.36. The van der Waals surface area contributed by atoms with Crippen molar-refractivity contribution < 1.29 is 19.2 Å². The molecule has 7 nitrogen and oxygen atoms in total. The van der Waals surface area contributed by atoms with E-state index in [2.05, 4.69) is 5.32 Å². The summed E-state index contributed by atoms with van der Waals surface area (Å²) in [5, 5.41) is 13.7. The van der Waals surface area contributed by atoms with Crippen LogP contribution in [0.2, 0.25) is 0 Å². The van der Waals surface area contributed by atoms with Crippen molar-refractivity contribution >= 4 is 23.4 Å². The van der Waals surface area contributed by atoms with E-state index in [-0.39, 0.29) is 18.2 Å². The summed E-state index contributed by atoms with van der Waals surface area (Å²) >= 11 is 0. The number of nitrogens with one attached hydrogen (secondary N) is 1. The number of nitro benzene ring substituents is 1. The summed E-state index contributed by atoms with van der Waals surface area (Å²) in [6.45, 7) is 4.14. The van der Waals surface area contributed by atoms with Crippen molar-refractivity contribution in [1.29, 1.82) is 0 Å². The molecule has 1 heterocycles. The average molecular weight is 354 g/mol. The Balaban J connectivity index is 1.82. The number of aryl methyl sites for hydroxylation is 1. The Hall–Kier alpha value is -3.35. The monoisotopic (exact) mass is 354 g/mol. The summed E-state index contributed by atoms with van der Waals surface area (Å²) in [6, 6.07) is 10.1. The van der Waals surface area contributed by atoms with Crippen molar-refractivity contribution in [2.24, 2.45) is 0 Å². The summed E-state index contributed by atoms with van der Waals surface area (Å²) in [4.78, 5) is 23.1. The number of nitrogens with zero attached hydrogens (tertiary/aromatic N) is 1. The van der Waals surface area contributed by atoms with Crippen LogP contribution in [0.25, 0.3) is 6.08 Å². The molecule has 0 bridgehead atoms. The minimum absolute atomic E-state index is 0.0385. The van der Waals surface area contributed by atoms with Crippen molar-refractivity contribution in [3.05, 3.63) is 63.2 Å². The molecule has 0 spiro atoms. The lowest BCUT2D eigenvalue weighted by Gasteiger charge is -2.20. The Kier molecular flexibility index (Phi) is 4.88. The quantitative estimate of drug-likeness (QED) is 0.653. The fraction of sp³-hybridized carbons (Fsp3) is 0.211. The zero-order chi connectivity index (χ0) is 18.7. The number of carbonyl (C=O) groups is 1. The number of para-hydroxylation sites is 1. The van der Waals surface area contributed by atoms with Gasteiger partial charge in [-0.15, -0.1) is 0 Å². The maximum Gasteiger partial charge on any atom is 0.274 e. The molecule has 1 amide bonds. The predicted octanol–water partition coefficient (Wildman–Crippen LogP) is 3.72. The van der Waals surface area contributed by atoms with Gasteiger partial charge >= 0.3 is 0 Å². The van der Waals surface area contributed by atoms with Gasteiger partial charge < -0.3 is 14.8 Å². The third-order valence-electron chi connectivity index (χ3n) is 3.97. The van der Waals surface area contributed by atoms with E-state index in [0.717, 1.165) is 5.56 Å². The first-order valence-corrected chi connectivity index (χ1v) is 8.15. The Morgan fingerprint density at radius 2 is 2.15 bits per heavy atom. The van der Waals surface area contributed by atoms with E-state index in [1.807, 2.05) is 25.1 Å². The smallest absolute Gasteiger partial charge is 0.274 e. The highest BCUT2D eigenvalue weighted by atomic mass is 16.6. The molecule has 26 heavy (non-hydrogen) atoms. The first-order valence-electron chi connectivity index (χ1n) is 8.15. The Morgan fingerprint density at radius 3 is 2.88 bits per heavy atom. The Morgan fingerprint density at radius 1 is 1.35 bits per heavy atom. The zero-order valence-electron chi connectivity index (χ0n) is 14.4. The number of carbonyl (C=O) groups excluding carboxylic acids is 1. The van der Waals surface area contributed by atoms with E-state index in [9.17, 15) is 14.9 Å². The van der Waals surface area contributed by atoms with Gasteiger partial charge in [0, 0.05) is 22.9 Å². The SMILES string of the molecule is CCOc1cccc2c1OCC(C(=O)Nc1ccc(C)c([N+](=O)[O-])c1)=C2. The van der Waals surface area contributed by atoms with Crippen LogP contribution >= 0.6 is 0 Å². The van der Waals surface area contributed by atoms with E-state index in [1.54, 1.807) is 25.1 Å². The molecule has 0 unspecified atom stereocenters. The largest absolute Gasteiger partial charge is 0.490 e. The van der Waals surface area contributed by atoms with E-state index in [1.165, 1.54) is 6.07 Å².